The largest absolute Gasteiger partial charge is 0.384 e. The number of nitrogens with zero attached hydrogens (tertiary/aromatic N) is 2. The second kappa shape index (κ2) is 4.83. The molecular formula is C10H13F2N3O4. The minimum atomic E-state index is -3.63. The number of halogens is 2. The van der Waals surface area contributed by atoms with E-state index in [9.17, 15) is 18.7 Å². The number of rotatable bonds is 3. The summed E-state index contributed by atoms with van der Waals surface area (Å²) in [5, 5.41) is 9.51. The molecule has 3 atom stereocenters. The molecule has 7 nitrogen and oxygen atoms in total. The van der Waals surface area contributed by atoms with Crippen molar-refractivity contribution in [1.82, 2.24) is 9.55 Å². The highest BCUT2D eigenvalue weighted by Crippen LogP contribution is 2.42. The molecule has 9 heteroatoms. The van der Waals surface area contributed by atoms with Crippen LogP contribution < -0.4 is 11.4 Å². The fraction of sp³-hybridized carbons (Fsp3) is 0.600. The van der Waals surface area contributed by atoms with Crippen molar-refractivity contribution in [1.29, 1.82) is 0 Å². The number of aromatic nitrogens is 2. The fourth-order valence-electron chi connectivity index (χ4n) is 1.87. The van der Waals surface area contributed by atoms with E-state index in [0.29, 0.717) is 4.57 Å². The maximum Gasteiger partial charge on any atom is 0.351 e. The van der Waals surface area contributed by atoms with Gasteiger partial charge in [0.05, 0.1) is 6.61 Å². The Labute approximate surface area is 106 Å². The van der Waals surface area contributed by atoms with Crippen LogP contribution in [0.4, 0.5) is 14.6 Å². The molecule has 1 aliphatic rings. The van der Waals surface area contributed by atoms with Crippen molar-refractivity contribution in [3.05, 3.63) is 22.7 Å². The minimum absolute atomic E-state index is 0.0865. The third-order valence-corrected chi connectivity index (χ3v) is 2.81. The van der Waals surface area contributed by atoms with Crippen molar-refractivity contribution < 1.29 is 23.4 Å². The van der Waals surface area contributed by atoms with Gasteiger partial charge in [0, 0.05) is 13.3 Å². The Morgan fingerprint density at radius 1 is 1.68 bits per heavy atom. The monoisotopic (exact) mass is 277 g/mol. The molecule has 0 unspecified atom stereocenters. The molecule has 3 N–H and O–H groups in total. The number of methoxy groups -OCH3 is 1. The van der Waals surface area contributed by atoms with Crippen LogP contribution in [0.1, 0.15) is 6.23 Å². The van der Waals surface area contributed by atoms with Crippen LogP contribution in [0.5, 0.6) is 0 Å². The predicted molar refractivity (Wildman–Crippen MR) is 59.6 cm³/mol. The molecule has 106 valence electrons. The number of anilines is 1. The Kier molecular flexibility index (Phi) is 3.52. The van der Waals surface area contributed by atoms with E-state index >= 15 is 0 Å². The molecule has 1 aromatic heterocycles. The smallest absolute Gasteiger partial charge is 0.351 e. The molecule has 1 saturated heterocycles. The normalized spacial score (nSPS) is 29.6. The molecule has 0 aliphatic carbocycles. The summed E-state index contributed by atoms with van der Waals surface area (Å²) < 4.78 is 38.1. The van der Waals surface area contributed by atoms with Gasteiger partial charge in [-0.2, -0.15) is 13.8 Å². The van der Waals surface area contributed by atoms with Crippen molar-refractivity contribution in [2.45, 2.75) is 24.4 Å². The van der Waals surface area contributed by atoms with Gasteiger partial charge >= 0.3 is 11.6 Å². The number of hydrogen-bond donors (Lipinski definition) is 2. The number of alkyl halides is 2. The first-order valence-corrected chi connectivity index (χ1v) is 5.43. The Hall–Kier alpha value is -1.58. The van der Waals surface area contributed by atoms with Gasteiger partial charge in [0.15, 0.2) is 6.10 Å². The molecule has 0 radical (unpaired) electrons. The first kappa shape index (κ1) is 13.8. The van der Waals surface area contributed by atoms with E-state index in [2.05, 4.69) is 9.72 Å². The lowest BCUT2D eigenvalue weighted by atomic mass is 10.1. The van der Waals surface area contributed by atoms with E-state index in [0.717, 1.165) is 6.20 Å². The van der Waals surface area contributed by atoms with Gasteiger partial charge in [0.2, 0.25) is 6.23 Å². The zero-order valence-electron chi connectivity index (χ0n) is 9.99. The highest BCUT2D eigenvalue weighted by Gasteiger charge is 2.59. The molecule has 2 rings (SSSR count). The quantitative estimate of drug-likeness (QED) is 0.762. The van der Waals surface area contributed by atoms with Gasteiger partial charge in [-0.3, -0.25) is 4.57 Å². The summed E-state index contributed by atoms with van der Waals surface area (Å²) in [6, 6.07) is 1.19. The van der Waals surface area contributed by atoms with Crippen LogP contribution in [0.2, 0.25) is 0 Å². The van der Waals surface area contributed by atoms with E-state index in [-0.39, 0.29) is 12.4 Å². The molecule has 0 saturated carbocycles. The topological polar surface area (TPSA) is 99.6 Å². The maximum atomic E-state index is 13.9. The van der Waals surface area contributed by atoms with Crippen molar-refractivity contribution in [2.24, 2.45) is 0 Å². The predicted octanol–water partition coefficient (Wildman–Crippen LogP) is -0.635. The first-order chi connectivity index (χ1) is 8.87. The number of nitrogen functional groups attached to an aromatic ring is 1. The van der Waals surface area contributed by atoms with Crippen molar-refractivity contribution >= 4 is 5.82 Å². The molecule has 0 spiro atoms. The number of nitrogens with two attached hydrogens (primary N) is 1. The molecule has 0 amide bonds. The standard InChI is InChI=1S/C10H13F2N3O4/c1-18-4-5-7(16)10(11,12)8(19-5)15-3-2-6(13)14-9(15)17/h2-3,5,7-8,16H,4H2,1H3,(H2,13,14,17)/t5-,7-,8-/m1/s1. The van der Waals surface area contributed by atoms with Gasteiger partial charge < -0.3 is 20.3 Å². The minimum Gasteiger partial charge on any atom is -0.384 e. The Balaban J connectivity index is 2.36. The summed E-state index contributed by atoms with van der Waals surface area (Å²) in [6.07, 6.45) is -4.19. The summed E-state index contributed by atoms with van der Waals surface area (Å²) in [5.41, 5.74) is 4.30. The zero-order chi connectivity index (χ0) is 14.2. The summed E-state index contributed by atoms with van der Waals surface area (Å²) in [6.45, 7) is -0.218. The first-order valence-electron chi connectivity index (χ1n) is 5.43. The Morgan fingerprint density at radius 3 is 2.95 bits per heavy atom. The SMILES string of the molecule is COC[C@H]1O[C@@H](n2ccc(N)nc2=O)C(F)(F)[C@@H]1O. The van der Waals surface area contributed by atoms with Crippen LogP contribution in [0.3, 0.4) is 0 Å². The van der Waals surface area contributed by atoms with Crippen LogP contribution in [0.15, 0.2) is 17.1 Å². The summed E-state index contributed by atoms with van der Waals surface area (Å²) in [7, 11) is 1.29. The highest BCUT2D eigenvalue weighted by molar-refractivity contribution is 5.23. The van der Waals surface area contributed by atoms with Gasteiger partial charge in [-0.05, 0) is 6.07 Å². The van der Waals surface area contributed by atoms with E-state index in [4.69, 9.17) is 10.5 Å². The van der Waals surface area contributed by atoms with Gasteiger partial charge in [0.25, 0.3) is 0 Å². The molecule has 2 heterocycles. The second-order valence-electron chi connectivity index (χ2n) is 4.14. The van der Waals surface area contributed by atoms with Crippen LogP contribution in [-0.4, -0.2) is 46.5 Å². The molecule has 1 aromatic rings. The van der Waals surface area contributed by atoms with Gasteiger partial charge in [-0.25, -0.2) is 4.79 Å². The van der Waals surface area contributed by atoms with Crippen LogP contribution >= 0.6 is 0 Å². The highest BCUT2D eigenvalue weighted by atomic mass is 19.3. The van der Waals surface area contributed by atoms with Crippen LogP contribution in [0, 0.1) is 0 Å². The third-order valence-electron chi connectivity index (χ3n) is 2.81. The second-order valence-corrected chi connectivity index (χ2v) is 4.14. The molecule has 19 heavy (non-hydrogen) atoms. The zero-order valence-corrected chi connectivity index (χ0v) is 9.99. The molecule has 1 fully saturated rings. The van der Waals surface area contributed by atoms with Crippen LogP contribution in [0.25, 0.3) is 0 Å². The van der Waals surface area contributed by atoms with Crippen molar-refractivity contribution in [3.8, 4) is 0 Å². The lowest BCUT2D eigenvalue weighted by Gasteiger charge is -2.20. The van der Waals surface area contributed by atoms with Crippen LogP contribution in [-0.2, 0) is 9.47 Å². The number of aliphatic hydroxyl groups excluding tert-OH is 1. The summed E-state index contributed by atoms with van der Waals surface area (Å²) in [5.74, 6) is -3.72. The lowest BCUT2D eigenvalue weighted by Crippen LogP contribution is -2.41. The molecule has 0 bridgehead atoms. The Morgan fingerprint density at radius 2 is 2.37 bits per heavy atom. The number of hydrogen-bond acceptors (Lipinski definition) is 6. The van der Waals surface area contributed by atoms with Gasteiger partial charge in [-0.15, -0.1) is 0 Å². The third kappa shape index (κ3) is 2.31. The molecule has 0 aromatic carbocycles. The van der Waals surface area contributed by atoms with Gasteiger partial charge in [0.1, 0.15) is 11.9 Å². The van der Waals surface area contributed by atoms with Gasteiger partial charge in [-0.1, -0.05) is 0 Å². The van der Waals surface area contributed by atoms with Crippen molar-refractivity contribution in [3.63, 3.8) is 0 Å². The average Bonchev–Trinajstić information content (AvgIpc) is 2.54. The lowest BCUT2D eigenvalue weighted by molar-refractivity contribution is -0.141. The van der Waals surface area contributed by atoms with E-state index in [1.807, 2.05) is 0 Å². The maximum absolute atomic E-state index is 13.9. The average molecular weight is 277 g/mol. The summed E-state index contributed by atoms with van der Waals surface area (Å²) in [4.78, 5) is 14.9. The number of ether oxygens (including phenoxy) is 2. The fourth-order valence-corrected chi connectivity index (χ4v) is 1.87. The van der Waals surface area contributed by atoms with E-state index < -0.39 is 30.0 Å². The Bertz CT molecular complexity index is 522. The van der Waals surface area contributed by atoms with Crippen molar-refractivity contribution in [2.75, 3.05) is 19.5 Å². The summed E-state index contributed by atoms with van der Waals surface area (Å²) >= 11 is 0. The number of aliphatic hydroxyl groups is 1. The molecule has 1 aliphatic heterocycles. The van der Waals surface area contributed by atoms with E-state index in [1.165, 1.54) is 13.2 Å². The van der Waals surface area contributed by atoms with E-state index in [1.54, 1.807) is 0 Å². The molecular weight excluding hydrogens is 264 g/mol.